The monoisotopic (exact) mass is 230 g/mol. The molecule has 0 bridgehead atoms. The van der Waals surface area contributed by atoms with Gasteiger partial charge in [-0.15, -0.1) is 0 Å². The van der Waals surface area contributed by atoms with Crippen molar-refractivity contribution in [3.63, 3.8) is 0 Å². The highest BCUT2D eigenvalue weighted by atomic mass is 19.3. The normalized spacial score (nSPS) is 11.2. The Morgan fingerprint density at radius 1 is 1.50 bits per heavy atom. The lowest BCUT2D eigenvalue weighted by molar-refractivity contribution is -0.164. The lowest BCUT2D eigenvalue weighted by atomic mass is 10.1. The van der Waals surface area contributed by atoms with E-state index in [2.05, 4.69) is 4.98 Å². The van der Waals surface area contributed by atoms with E-state index in [1.165, 1.54) is 12.3 Å². The molecule has 0 saturated heterocycles. The largest absolute Gasteiger partial charge is 0.477 e. The van der Waals surface area contributed by atoms with Crippen LogP contribution in [-0.2, 0) is 11.2 Å². The SMILES string of the molecule is CN(C)c1ccc(CC(F)(F)C(=O)O)cn1. The van der Waals surface area contributed by atoms with Crippen LogP contribution in [0.5, 0.6) is 0 Å². The predicted molar refractivity (Wildman–Crippen MR) is 54.9 cm³/mol. The number of hydrogen-bond donors (Lipinski definition) is 1. The van der Waals surface area contributed by atoms with Gasteiger partial charge in [-0.1, -0.05) is 6.07 Å². The molecule has 4 nitrogen and oxygen atoms in total. The first-order valence-corrected chi connectivity index (χ1v) is 4.56. The first kappa shape index (κ1) is 12.4. The zero-order valence-electron chi connectivity index (χ0n) is 8.94. The van der Waals surface area contributed by atoms with E-state index >= 15 is 0 Å². The molecule has 1 heterocycles. The summed E-state index contributed by atoms with van der Waals surface area (Å²) in [6.07, 6.45) is 0.412. The first-order chi connectivity index (χ1) is 7.33. The molecule has 0 radical (unpaired) electrons. The Hall–Kier alpha value is -1.72. The third-order valence-corrected chi connectivity index (χ3v) is 2.01. The van der Waals surface area contributed by atoms with Gasteiger partial charge in [0, 0.05) is 26.7 Å². The molecule has 0 amide bonds. The number of aromatic nitrogens is 1. The number of hydrogen-bond acceptors (Lipinski definition) is 3. The molecule has 0 spiro atoms. The molecular weight excluding hydrogens is 218 g/mol. The minimum Gasteiger partial charge on any atom is -0.477 e. The molecule has 88 valence electrons. The van der Waals surface area contributed by atoms with E-state index < -0.39 is 18.3 Å². The molecule has 0 fully saturated rings. The van der Waals surface area contributed by atoms with Crippen molar-refractivity contribution in [3.05, 3.63) is 23.9 Å². The van der Waals surface area contributed by atoms with Crippen LogP contribution in [0.15, 0.2) is 18.3 Å². The third-order valence-electron chi connectivity index (χ3n) is 2.01. The van der Waals surface area contributed by atoms with E-state index in [1.807, 2.05) is 0 Å². The van der Waals surface area contributed by atoms with Crippen molar-refractivity contribution >= 4 is 11.8 Å². The van der Waals surface area contributed by atoms with Gasteiger partial charge < -0.3 is 10.0 Å². The molecule has 0 atom stereocenters. The van der Waals surface area contributed by atoms with Crippen LogP contribution in [0.1, 0.15) is 5.56 Å². The molecule has 0 aliphatic heterocycles. The summed E-state index contributed by atoms with van der Waals surface area (Å²) in [6, 6.07) is 3.01. The number of carbonyl (C=O) groups is 1. The smallest absolute Gasteiger partial charge is 0.374 e. The van der Waals surface area contributed by atoms with Crippen molar-refractivity contribution in [2.45, 2.75) is 12.3 Å². The molecule has 0 unspecified atom stereocenters. The van der Waals surface area contributed by atoms with Crippen molar-refractivity contribution in [1.82, 2.24) is 4.98 Å². The van der Waals surface area contributed by atoms with Crippen LogP contribution in [0.25, 0.3) is 0 Å². The average Bonchev–Trinajstić information content (AvgIpc) is 2.17. The molecule has 16 heavy (non-hydrogen) atoms. The minimum atomic E-state index is -3.75. The van der Waals surface area contributed by atoms with Gasteiger partial charge in [0.05, 0.1) is 0 Å². The Labute approximate surface area is 91.5 Å². The maximum Gasteiger partial charge on any atom is 0.374 e. The lowest BCUT2D eigenvalue weighted by Crippen LogP contribution is -2.30. The highest BCUT2D eigenvalue weighted by molar-refractivity contribution is 5.75. The lowest BCUT2D eigenvalue weighted by Gasteiger charge is -2.13. The summed E-state index contributed by atoms with van der Waals surface area (Å²) in [5.74, 6) is -5.24. The van der Waals surface area contributed by atoms with Crippen LogP contribution >= 0.6 is 0 Å². The zero-order chi connectivity index (χ0) is 12.3. The van der Waals surface area contributed by atoms with Crippen LogP contribution in [0.2, 0.25) is 0 Å². The third kappa shape index (κ3) is 2.88. The molecule has 0 aliphatic rings. The molecule has 1 aromatic rings. The van der Waals surface area contributed by atoms with E-state index in [0.29, 0.717) is 5.82 Å². The quantitative estimate of drug-likeness (QED) is 0.849. The van der Waals surface area contributed by atoms with E-state index in [1.54, 1.807) is 25.1 Å². The fourth-order valence-corrected chi connectivity index (χ4v) is 1.12. The molecule has 1 aromatic heterocycles. The second kappa shape index (κ2) is 4.42. The van der Waals surface area contributed by atoms with E-state index in [9.17, 15) is 13.6 Å². The van der Waals surface area contributed by atoms with Crippen molar-refractivity contribution in [1.29, 1.82) is 0 Å². The maximum absolute atomic E-state index is 12.9. The number of pyridine rings is 1. The molecular formula is C10H12F2N2O2. The summed E-state index contributed by atoms with van der Waals surface area (Å²) < 4.78 is 25.7. The summed E-state index contributed by atoms with van der Waals surface area (Å²) in [7, 11) is 3.54. The molecule has 6 heteroatoms. The Morgan fingerprint density at radius 2 is 2.12 bits per heavy atom. The van der Waals surface area contributed by atoms with Gasteiger partial charge in [-0.3, -0.25) is 0 Å². The molecule has 0 aromatic carbocycles. The van der Waals surface area contributed by atoms with Crippen molar-refractivity contribution < 1.29 is 18.7 Å². The number of alkyl halides is 2. The van der Waals surface area contributed by atoms with Crippen LogP contribution in [0.3, 0.4) is 0 Å². The van der Waals surface area contributed by atoms with E-state index in [0.717, 1.165) is 0 Å². The standard InChI is InChI=1S/C10H12F2N2O2/c1-14(2)8-4-3-7(6-13-8)5-10(11,12)9(15)16/h3-4,6H,5H2,1-2H3,(H,15,16). The van der Waals surface area contributed by atoms with Gasteiger partial charge in [-0.25, -0.2) is 9.78 Å². The number of aliphatic carboxylic acids is 1. The highest BCUT2D eigenvalue weighted by Gasteiger charge is 2.38. The van der Waals surface area contributed by atoms with Crippen LogP contribution in [0, 0.1) is 0 Å². The van der Waals surface area contributed by atoms with Crippen molar-refractivity contribution in [2.24, 2.45) is 0 Å². The first-order valence-electron chi connectivity index (χ1n) is 4.56. The number of nitrogens with zero attached hydrogens (tertiary/aromatic N) is 2. The van der Waals surface area contributed by atoms with Crippen LogP contribution < -0.4 is 4.90 Å². The molecule has 0 aliphatic carbocycles. The Balaban J connectivity index is 2.80. The molecule has 1 N–H and O–H groups in total. The second-order valence-electron chi connectivity index (χ2n) is 3.61. The summed E-state index contributed by atoms with van der Waals surface area (Å²) in [5.41, 5.74) is 0.193. The topological polar surface area (TPSA) is 53.4 Å². The van der Waals surface area contributed by atoms with Crippen LogP contribution in [0.4, 0.5) is 14.6 Å². The maximum atomic E-state index is 12.9. The van der Waals surface area contributed by atoms with Crippen LogP contribution in [-0.4, -0.2) is 36.1 Å². The number of anilines is 1. The fraction of sp³-hybridized carbons (Fsp3) is 0.400. The van der Waals surface area contributed by atoms with Gasteiger partial charge in [-0.05, 0) is 11.6 Å². The van der Waals surface area contributed by atoms with E-state index in [4.69, 9.17) is 5.11 Å². The van der Waals surface area contributed by atoms with Gasteiger partial charge >= 0.3 is 11.9 Å². The highest BCUT2D eigenvalue weighted by Crippen LogP contribution is 2.20. The van der Waals surface area contributed by atoms with Gasteiger partial charge in [0.2, 0.25) is 0 Å². The van der Waals surface area contributed by atoms with Gasteiger partial charge in [0.15, 0.2) is 0 Å². The summed E-state index contributed by atoms with van der Waals surface area (Å²) in [4.78, 5) is 15.9. The summed E-state index contributed by atoms with van der Waals surface area (Å²) in [6.45, 7) is 0. The molecule has 0 saturated carbocycles. The Morgan fingerprint density at radius 3 is 2.50 bits per heavy atom. The van der Waals surface area contributed by atoms with Gasteiger partial charge in [0.1, 0.15) is 5.82 Å². The van der Waals surface area contributed by atoms with Gasteiger partial charge in [-0.2, -0.15) is 8.78 Å². The number of rotatable bonds is 4. The Bertz CT molecular complexity index is 377. The number of carboxylic acid groups (broad SMARTS) is 1. The Kier molecular flexibility index (Phi) is 3.41. The summed E-state index contributed by atoms with van der Waals surface area (Å²) >= 11 is 0. The number of halogens is 2. The van der Waals surface area contributed by atoms with Crippen molar-refractivity contribution in [3.8, 4) is 0 Å². The average molecular weight is 230 g/mol. The summed E-state index contributed by atoms with van der Waals surface area (Å²) in [5, 5.41) is 8.27. The fourth-order valence-electron chi connectivity index (χ4n) is 1.12. The van der Waals surface area contributed by atoms with Crippen molar-refractivity contribution in [2.75, 3.05) is 19.0 Å². The zero-order valence-corrected chi connectivity index (χ0v) is 8.94. The predicted octanol–water partition coefficient (Wildman–Crippen LogP) is 1.41. The van der Waals surface area contributed by atoms with E-state index in [-0.39, 0.29) is 5.56 Å². The molecule has 1 rings (SSSR count). The van der Waals surface area contributed by atoms with Gasteiger partial charge in [0.25, 0.3) is 0 Å². The number of carboxylic acids is 1. The minimum absolute atomic E-state index is 0.193. The second-order valence-corrected chi connectivity index (χ2v) is 3.61.